The van der Waals surface area contributed by atoms with Gasteiger partial charge in [-0.2, -0.15) is 0 Å². The van der Waals surface area contributed by atoms with Gasteiger partial charge in [0.15, 0.2) is 0 Å². The largest absolute Gasteiger partial charge is 0.342 e. The molecule has 2 saturated heterocycles. The highest BCUT2D eigenvalue weighted by Crippen LogP contribution is 2.35. The van der Waals surface area contributed by atoms with Crippen LogP contribution in [0.1, 0.15) is 98.3 Å². The van der Waals surface area contributed by atoms with Crippen LogP contribution in [-0.2, 0) is 4.79 Å². The Bertz CT molecular complexity index is 479. The molecule has 3 heteroatoms. The third kappa shape index (κ3) is 6.71. The van der Waals surface area contributed by atoms with Crippen molar-refractivity contribution in [3.63, 3.8) is 0 Å². The fraction of sp³-hybridized carbons (Fsp3) is 0.962. The Morgan fingerprint density at radius 2 is 1.28 bits per heavy atom. The first-order valence-corrected chi connectivity index (χ1v) is 13.0. The van der Waals surface area contributed by atoms with E-state index in [-0.39, 0.29) is 0 Å². The average molecular weight is 405 g/mol. The van der Waals surface area contributed by atoms with E-state index in [1.165, 1.54) is 70.9 Å². The van der Waals surface area contributed by atoms with Gasteiger partial charge in [0.05, 0.1) is 0 Å². The molecule has 0 aromatic carbocycles. The number of amides is 1. The van der Waals surface area contributed by atoms with Gasteiger partial charge in [0.1, 0.15) is 0 Å². The van der Waals surface area contributed by atoms with E-state index in [1.807, 2.05) is 0 Å². The minimum Gasteiger partial charge on any atom is -0.342 e. The first-order chi connectivity index (χ1) is 13.9. The summed E-state index contributed by atoms with van der Waals surface area (Å²) in [6, 6.07) is 0.717. The van der Waals surface area contributed by atoms with Gasteiger partial charge in [0, 0.05) is 25.0 Å². The second-order valence-electron chi connectivity index (χ2n) is 11.1. The summed E-state index contributed by atoms with van der Waals surface area (Å²) in [7, 11) is 0. The van der Waals surface area contributed by atoms with Gasteiger partial charge in [-0.3, -0.25) is 4.79 Å². The molecule has 0 aromatic heterocycles. The zero-order valence-corrected chi connectivity index (χ0v) is 19.9. The van der Waals surface area contributed by atoms with Crippen molar-refractivity contribution in [2.75, 3.05) is 26.2 Å². The summed E-state index contributed by atoms with van der Waals surface area (Å²) in [5.74, 6) is 4.28. The van der Waals surface area contributed by atoms with Crippen LogP contribution in [0.4, 0.5) is 0 Å². The molecular formula is C26H48N2O. The maximum absolute atomic E-state index is 13.0. The number of carbonyl (C=O) groups excluding carboxylic acids is 1. The molecule has 3 rings (SSSR count). The molecule has 0 radical (unpaired) electrons. The smallest absolute Gasteiger partial charge is 0.225 e. The third-order valence-corrected chi connectivity index (χ3v) is 8.59. The molecule has 0 bridgehead atoms. The first kappa shape index (κ1) is 23.1. The lowest BCUT2D eigenvalue weighted by molar-refractivity contribution is -0.138. The van der Waals surface area contributed by atoms with Gasteiger partial charge < -0.3 is 9.80 Å². The zero-order valence-electron chi connectivity index (χ0n) is 19.9. The van der Waals surface area contributed by atoms with Crippen LogP contribution >= 0.6 is 0 Å². The predicted octanol–water partition coefficient (Wildman–Crippen LogP) is 5.98. The lowest BCUT2D eigenvalue weighted by Crippen LogP contribution is -2.42. The van der Waals surface area contributed by atoms with Gasteiger partial charge in [-0.05, 0) is 102 Å². The van der Waals surface area contributed by atoms with Gasteiger partial charge in [-0.1, -0.05) is 33.1 Å². The lowest BCUT2D eigenvalue weighted by atomic mass is 9.76. The number of hydrogen-bond donors (Lipinski definition) is 0. The number of carbonyl (C=O) groups is 1. The molecule has 1 aliphatic carbocycles. The van der Waals surface area contributed by atoms with E-state index >= 15 is 0 Å². The molecule has 1 amide bonds. The Morgan fingerprint density at radius 3 is 1.76 bits per heavy atom. The van der Waals surface area contributed by atoms with Crippen molar-refractivity contribution < 1.29 is 4.79 Å². The molecular weight excluding hydrogens is 356 g/mol. The SMILES string of the molecule is CC(C)C1CCC(C(=O)N2CCC(CCCC3CCN(C(C)C)CC3)CC2)CC1. The Hall–Kier alpha value is -0.570. The molecule has 0 atom stereocenters. The van der Waals surface area contributed by atoms with Crippen LogP contribution in [0, 0.1) is 29.6 Å². The quantitative estimate of drug-likeness (QED) is 0.521. The second-order valence-corrected chi connectivity index (χ2v) is 11.1. The Labute approximate surface area is 181 Å². The van der Waals surface area contributed by atoms with E-state index in [9.17, 15) is 4.79 Å². The number of rotatable bonds is 7. The maximum atomic E-state index is 13.0. The van der Waals surface area contributed by atoms with E-state index in [0.29, 0.717) is 17.9 Å². The van der Waals surface area contributed by atoms with E-state index in [0.717, 1.165) is 49.6 Å². The molecule has 0 N–H and O–H groups in total. The van der Waals surface area contributed by atoms with Crippen molar-refractivity contribution >= 4 is 5.91 Å². The molecule has 2 heterocycles. The number of hydrogen-bond acceptors (Lipinski definition) is 2. The Kier molecular flexibility index (Phi) is 8.89. The molecule has 3 aliphatic rings. The molecule has 29 heavy (non-hydrogen) atoms. The van der Waals surface area contributed by atoms with Crippen LogP contribution in [0.25, 0.3) is 0 Å². The molecule has 0 unspecified atom stereocenters. The van der Waals surface area contributed by atoms with Gasteiger partial charge in [0.25, 0.3) is 0 Å². The van der Waals surface area contributed by atoms with E-state index in [4.69, 9.17) is 0 Å². The summed E-state index contributed by atoms with van der Waals surface area (Å²) < 4.78 is 0. The minimum atomic E-state index is 0.332. The van der Waals surface area contributed by atoms with Crippen molar-refractivity contribution in [2.24, 2.45) is 29.6 Å². The van der Waals surface area contributed by atoms with Crippen LogP contribution in [0.5, 0.6) is 0 Å². The highest BCUT2D eigenvalue weighted by atomic mass is 16.2. The number of nitrogens with zero attached hydrogens (tertiary/aromatic N) is 2. The fourth-order valence-electron chi connectivity index (χ4n) is 6.19. The summed E-state index contributed by atoms with van der Waals surface area (Å²) in [6.45, 7) is 14.0. The maximum Gasteiger partial charge on any atom is 0.225 e. The van der Waals surface area contributed by atoms with Crippen LogP contribution in [0.3, 0.4) is 0 Å². The molecule has 0 spiro atoms. The molecule has 168 valence electrons. The highest BCUT2D eigenvalue weighted by molar-refractivity contribution is 5.79. The normalized spacial score (nSPS) is 28.4. The van der Waals surface area contributed by atoms with Gasteiger partial charge in [0.2, 0.25) is 5.91 Å². The van der Waals surface area contributed by atoms with E-state index in [2.05, 4.69) is 37.5 Å². The van der Waals surface area contributed by atoms with Crippen LogP contribution in [0.15, 0.2) is 0 Å². The topological polar surface area (TPSA) is 23.6 Å². The van der Waals surface area contributed by atoms with Crippen LogP contribution < -0.4 is 0 Å². The van der Waals surface area contributed by atoms with Crippen molar-refractivity contribution in [3.05, 3.63) is 0 Å². The standard InChI is InChI=1S/C26H48N2O/c1-20(2)24-8-10-25(11-9-24)26(29)28-18-14-23(15-19-28)7-5-6-22-12-16-27(17-13-22)21(3)4/h20-25H,5-19H2,1-4H3. The first-order valence-electron chi connectivity index (χ1n) is 13.0. The summed E-state index contributed by atoms with van der Waals surface area (Å²) in [4.78, 5) is 17.8. The van der Waals surface area contributed by atoms with E-state index in [1.54, 1.807) is 0 Å². The minimum absolute atomic E-state index is 0.332. The fourth-order valence-corrected chi connectivity index (χ4v) is 6.19. The Balaban J connectivity index is 1.28. The summed E-state index contributed by atoms with van der Waals surface area (Å²) >= 11 is 0. The van der Waals surface area contributed by atoms with Crippen molar-refractivity contribution in [2.45, 2.75) is 104 Å². The van der Waals surface area contributed by atoms with Crippen LogP contribution in [-0.4, -0.2) is 47.9 Å². The van der Waals surface area contributed by atoms with Crippen molar-refractivity contribution in [3.8, 4) is 0 Å². The highest BCUT2D eigenvalue weighted by Gasteiger charge is 2.32. The molecule has 3 nitrogen and oxygen atoms in total. The molecule has 0 aromatic rings. The zero-order chi connectivity index (χ0) is 20.8. The number of piperidine rings is 2. The summed E-state index contributed by atoms with van der Waals surface area (Å²) in [5.41, 5.74) is 0. The Morgan fingerprint density at radius 1 is 0.759 bits per heavy atom. The molecule has 3 fully saturated rings. The van der Waals surface area contributed by atoms with Crippen molar-refractivity contribution in [1.82, 2.24) is 9.80 Å². The van der Waals surface area contributed by atoms with Crippen LogP contribution in [0.2, 0.25) is 0 Å². The average Bonchev–Trinajstić information content (AvgIpc) is 2.74. The summed E-state index contributed by atoms with van der Waals surface area (Å²) in [6.07, 6.45) is 14.3. The summed E-state index contributed by atoms with van der Waals surface area (Å²) in [5, 5.41) is 0. The van der Waals surface area contributed by atoms with Gasteiger partial charge in [-0.25, -0.2) is 0 Å². The van der Waals surface area contributed by atoms with Gasteiger partial charge >= 0.3 is 0 Å². The third-order valence-electron chi connectivity index (χ3n) is 8.59. The lowest BCUT2D eigenvalue weighted by Gasteiger charge is -2.37. The molecule has 2 aliphatic heterocycles. The monoisotopic (exact) mass is 404 g/mol. The van der Waals surface area contributed by atoms with Crippen molar-refractivity contribution in [1.29, 1.82) is 0 Å². The predicted molar refractivity (Wildman–Crippen MR) is 123 cm³/mol. The number of likely N-dealkylation sites (tertiary alicyclic amines) is 2. The molecule has 1 saturated carbocycles. The second kappa shape index (κ2) is 11.2. The van der Waals surface area contributed by atoms with E-state index < -0.39 is 0 Å². The van der Waals surface area contributed by atoms with Gasteiger partial charge in [-0.15, -0.1) is 0 Å².